The number of aryl methyl sites for hydroxylation is 1. The van der Waals surface area contributed by atoms with Gasteiger partial charge in [0.25, 0.3) is 0 Å². The average molecular weight is 288 g/mol. The van der Waals surface area contributed by atoms with Crippen molar-refractivity contribution in [1.82, 2.24) is 0 Å². The van der Waals surface area contributed by atoms with Gasteiger partial charge in [-0.1, -0.05) is 12.1 Å². The Morgan fingerprint density at radius 3 is 2.00 bits per heavy atom. The summed E-state index contributed by atoms with van der Waals surface area (Å²) in [6, 6.07) is 5.61. The van der Waals surface area contributed by atoms with Crippen LogP contribution in [0.25, 0.3) is 11.1 Å². The minimum Gasteiger partial charge on any atom is -0.429 e. The van der Waals surface area contributed by atoms with Crippen molar-refractivity contribution < 1.29 is 26.7 Å². The van der Waals surface area contributed by atoms with E-state index < -0.39 is 29.8 Å². The maximum absolute atomic E-state index is 13.7. The Bertz CT molecular complexity index is 616. The lowest BCUT2D eigenvalue weighted by molar-refractivity contribution is -0.0546. The van der Waals surface area contributed by atoms with Crippen LogP contribution in [-0.4, -0.2) is 6.61 Å². The smallest absolute Gasteiger partial charge is 0.387 e. The monoisotopic (exact) mass is 288 g/mol. The van der Waals surface area contributed by atoms with E-state index in [0.717, 1.165) is 12.1 Å². The number of rotatable bonds is 3. The second-order valence-corrected chi connectivity index (χ2v) is 4.13. The second kappa shape index (κ2) is 5.48. The predicted molar refractivity (Wildman–Crippen MR) is 63.1 cm³/mol. The van der Waals surface area contributed by atoms with Gasteiger partial charge in [0.05, 0.1) is 0 Å². The Balaban J connectivity index is 2.49. The number of hydrogen-bond donors (Lipinski definition) is 0. The minimum atomic E-state index is -3.35. The van der Waals surface area contributed by atoms with Crippen molar-refractivity contribution in [2.45, 2.75) is 13.5 Å². The van der Waals surface area contributed by atoms with Crippen molar-refractivity contribution >= 4 is 0 Å². The zero-order valence-corrected chi connectivity index (χ0v) is 10.3. The summed E-state index contributed by atoms with van der Waals surface area (Å²) >= 11 is 0. The van der Waals surface area contributed by atoms with Crippen LogP contribution in [0.2, 0.25) is 0 Å². The van der Waals surface area contributed by atoms with Crippen LogP contribution in [0.15, 0.2) is 30.3 Å². The molecule has 2 aromatic rings. The highest BCUT2D eigenvalue weighted by atomic mass is 19.3. The number of alkyl halides is 2. The third-order valence-corrected chi connectivity index (χ3v) is 2.64. The van der Waals surface area contributed by atoms with Crippen LogP contribution < -0.4 is 4.74 Å². The quantitative estimate of drug-likeness (QED) is 0.745. The average Bonchev–Trinajstić information content (AvgIpc) is 2.33. The molecule has 0 unspecified atom stereocenters. The Labute approximate surface area is 111 Å². The van der Waals surface area contributed by atoms with Gasteiger partial charge in [0, 0.05) is 5.56 Å². The van der Waals surface area contributed by atoms with Crippen molar-refractivity contribution in [1.29, 1.82) is 0 Å². The molecule has 0 aliphatic rings. The van der Waals surface area contributed by atoms with Crippen molar-refractivity contribution in [3.63, 3.8) is 0 Å². The van der Waals surface area contributed by atoms with Gasteiger partial charge < -0.3 is 4.74 Å². The van der Waals surface area contributed by atoms with E-state index in [1.165, 1.54) is 12.1 Å². The van der Waals surface area contributed by atoms with Crippen LogP contribution in [0.4, 0.5) is 22.0 Å². The molecule has 0 aliphatic carbocycles. The van der Waals surface area contributed by atoms with Crippen LogP contribution in [0.3, 0.4) is 0 Å². The lowest BCUT2D eigenvalue weighted by Gasteiger charge is -2.10. The van der Waals surface area contributed by atoms with E-state index in [1.54, 1.807) is 13.0 Å². The first kappa shape index (κ1) is 14.3. The molecular weight excluding hydrogens is 279 g/mol. The molecule has 0 spiro atoms. The fourth-order valence-corrected chi connectivity index (χ4v) is 1.77. The molecule has 0 saturated carbocycles. The Morgan fingerprint density at radius 2 is 1.50 bits per heavy atom. The molecule has 0 N–H and O–H groups in total. The summed E-state index contributed by atoms with van der Waals surface area (Å²) < 4.78 is 68.5. The predicted octanol–water partition coefficient (Wildman–Crippen LogP) is 4.68. The van der Waals surface area contributed by atoms with Crippen LogP contribution in [0, 0.1) is 24.4 Å². The number of halogens is 5. The van der Waals surface area contributed by atoms with Gasteiger partial charge in [0.15, 0.2) is 17.4 Å². The second-order valence-electron chi connectivity index (χ2n) is 4.13. The van der Waals surface area contributed by atoms with E-state index in [2.05, 4.69) is 4.74 Å². The molecule has 2 aromatic carbocycles. The topological polar surface area (TPSA) is 9.23 Å². The molecule has 2 rings (SSSR count). The van der Waals surface area contributed by atoms with Gasteiger partial charge in [-0.05, 0) is 36.2 Å². The Hall–Kier alpha value is -2.11. The van der Waals surface area contributed by atoms with Gasteiger partial charge in [-0.3, -0.25) is 0 Å². The summed E-state index contributed by atoms with van der Waals surface area (Å²) in [4.78, 5) is 0. The normalized spacial score (nSPS) is 10.9. The first-order valence-corrected chi connectivity index (χ1v) is 5.59. The van der Waals surface area contributed by atoms with E-state index in [1.807, 2.05) is 0 Å². The fraction of sp³-hybridized carbons (Fsp3) is 0.143. The maximum atomic E-state index is 13.7. The molecule has 0 bridgehead atoms. The van der Waals surface area contributed by atoms with Gasteiger partial charge in [0.1, 0.15) is 5.82 Å². The third kappa shape index (κ3) is 2.89. The Morgan fingerprint density at radius 1 is 0.900 bits per heavy atom. The summed E-state index contributed by atoms with van der Waals surface area (Å²) in [5, 5.41) is 0. The van der Waals surface area contributed by atoms with Crippen LogP contribution in [0.1, 0.15) is 5.56 Å². The largest absolute Gasteiger partial charge is 0.429 e. The molecule has 6 heteroatoms. The Kier molecular flexibility index (Phi) is 3.92. The van der Waals surface area contributed by atoms with E-state index in [4.69, 9.17) is 0 Å². The highest BCUT2D eigenvalue weighted by Crippen LogP contribution is 2.31. The van der Waals surface area contributed by atoms with E-state index in [-0.39, 0.29) is 11.1 Å². The first-order valence-electron chi connectivity index (χ1n) is 5.59. The van der Waals surface area contributed by atoms with Gasteiger partial charge in [0.2, 0.25) is 0 Å². The summed E-state index contributed by atoms with van der Waals surface area (Å²) in [5.41, 5.74) is 0.515. The number of hydrogen-bond acceptors (Lipinski definition) is 1. The van der Waals surface area contributed by atoms with Crippen molar-refractivity contribution in [3.05, 3.63) is 53.3 Å². The molecule has 1 nitrogen and oxygen atoms in total. The fourth-order valence-electron chi connectivity index (χ4n) is 1.77. The van der Waals surface area contributed by atoms with Crippen LogP contribution >= 0.6 is 0 Å². The molecule has 0 aliphatic heterocycles. The standard InChI is InChI=1S/C14H9F5O/c1-7-2-3-9(10(15)4-7)8-5-11(16)13(12(17)6-8)20-14(18)19/h2-6,14H,1H3. The zero-order chi connectivity index (χ0) is 14.9. The molecular formula is C14H9F5O. The number of ether oxygens (including phenoxy) is 1. The van der Waals surface area contributed by atoms with Crippen molar-refractivity contribution in [3.8, 4) is 16.9 Å². The summed E-state index contributed by atoms with van der Waals surface area (Å²) in [6.45, 7) is -1.69. The lowest BCUT2D eigenvalue weighted by atomic mass is 10.0. The van der Waals surface area contributed by atoms with E-state index in [0.29, 0.717) is 5.56 Å². The van der Waals surface area contributed by atoms with E-state index in [9.17, 15) is 22.0 Å². The lowest BCUT2D eigenvalue weighted by Crippen LogP contribution is -2.06. The molecule has 106 valence electrons. The van der Waals surface area contributed by atoms with Gasteiger partial charge in [-0.25, -0.2) is 13.2 Å². The SMILES string of the molecule is Cc1ccc(-c2cc(F)c(OC(F)F)c(F)c2)c(F)c1. The summed E-state index contributed by atoms with van der Waals surface area (Å²) in [5.74, 6) is -4.48. The van der Waals surface area contributed by atoms with Gasteiger partial charge >= 0.3 is 6.61 Å². The molecule has 20 heavy (non-hydrogen) atoms. The van der Waals surface area contributed by atoms with Crippen molar-refractivity contribution in [2.24, 2.45) is 0 Å². The molecule has 0 fully saturated rings. The molecule has 0 aromatic heterocycles. The molecule has 0 radical (unpaired) electrons. The first-order chi connectivity index (χ1) is 9.38. The summed E-state index contributed by atoms with van der Waals surface area (Å²) in [7, 11) is 0. The van der Waals surface area contributed by atoms with Crippen molar-refractivity contribution in [2.75, 3.05) is 0 Å². The van der Waals surface area contributed by atoms with Crippen LogP contribution in [-0.2, 0) is 0 Å². The molecule has 0 heterocycles. The third-order valence-electron chi connectivity index (χ3n) is 2.64. The molecule has 0 saturated heterocycles. The highest BCUT2D eigenvalue weighted by Gasteiger charge is 2.18. The molecule has 0 atom stereocenters. The van der Waals surface area contributed by atoms with E-state index >= 15 is 0 Å². The molecule has 0 amide bonds. The maximum Gasteiger partial charge on any atom is 0.387 e. The van der Waals surface area contributed by atoms with Gasteiger partial charge in [-0.2, -0.15) is 8.78 Å². The minimum absolute atomic E-state index is 0.0306. The van der Waals surface area contributed by atoms with Crippen LogP contribution in [0.5, 0.6) is 5.75 Å². The van der Waals surface area contributed by atoms with Gasteiger partial charge in [-0.15, -0.1) is 0 Å². The highest BCUT2D eigenvalue weighted by molar-refractivity contribution is 5.65. The zero-order valence-electron chi connectivity index (χ0n) is 10.3. The summed E-state index contributed by atoms with van der Waals surface area (Å²) in [6.07, 6.45) is 0. The number of benzene rings is 2.